The Balaban J connectivity index is 1.79. The van der Waals surface area contributed by atoms with Crippen LogP contribution in [0.25, 0.3) is 16.4 Å². The molecule has 0 fully saturated rings. The molecule has 1 amide bonds. The van der Waals surface area contributed by atoms with Gasteiger partial charge in [0.1, 0.15) is 11.3 Å². The van der Waals surface area contributed by atoms with Crippen LogP contribution in [0.15, 0.2) is 60.8 Å². The molecule has 0 unspecified atom stereocenters. The van der Waals surface area contributed by atoms with E-state index in [2.05, 4.69) is 10.3 Å². The molecule has 2 aromatic heterocycles. The molecule has 0 aliphatic heterocycles. The Morgan fingerprint density at radius 3 is 2.67 bits per heavy atom. The molecule has 0 aliphatic carbocycles. The number of carbonyl (C=O) groups is 1. The van der Waals surface area contributed by atoms with E-state index < -0.39 is 0 Å². The molecular formula is C20H17N3O. The minimum atomic E-state index is -0.151. The van der Waals surface area contributed by atoms with E-state index >= 15 is 0 Å². The van der Waals surface area contributed by atoms with Crippen LogP contribution >= 0.6 is 0 Å². The van der Waals surface area contributed by atoms with Gasteiger partial charge in [-0.3, -0.25) is 9.20 Å². The lowest BCUT2D eigenvalue weighted by molar-refractivity contribution is 0.102. The average molecular weight is 315 g/mol. The maximum atomic E-state index is 12.9. The lowest BCUT2D eigenvalue weighted by Gasteiger charge is -2.09. The Morgan fingerprint density at radius 1 is 1.00 bits per heavy atom. The van der Waals surface area contributed by atoms with E-state index in [9.17, 15) is 4.79 Å². The van der Waals surface area contributed by atoms with Gasteiger partial charge >= 0.3 is 0 Å². The minimum Gasteiger partial charge on any atom is -0.320 e. The van der Waals surface area contributed by atoms with Gasteiger partial charge < -0.3 is 5.32 Å². The SMILES string of the molecule is Cc1ccc2nc(C)c(C(=O)Nc3cccc4ccccc34)n2c1. The van der Waals surface area contributed by atoms with Crippen LogP contribution in [-0.2, 0) is 0 Å². The number of anilines is 1. The predicted octanol–water partition coefficient (Wildman–Crippen LogP) is 4.36. The van der Waals surface area contributed by atoms with Gasteiger partial charge in [0.2, 0.25) is 0 Å². The molecule has 4 rings (SSSR count). The molecule has 2 aromatic carbocycles. The Morgan fingerprint density at radius 2 is 1.79 bits per heavy atom. The topological polar surface area (TPSA) is 46.4 Å². The summed E-state index contributed by atoms with van der Waals surface area (Å²) in [6.45, 7) is 3.86. The number of nitrogens with zero attached hydrogens (tertiary/aromatic N) is 2. The average Bonchev–Trinajstić information content (AvgIpc) is 2.90. The molecule has 0 saturated heterocycles. The maximum Gasteiger partial charge on any atom is 0.274 e. The first-order valence-electron chi connectivity index (χ1n) is 7.88. The molecule has 4 heteroatoms. The van der Waals surface area contributed by atoms with E-state index in [-0.39, 0.29) is 5.91 Å². The Labute approximate surface area is 139 Å². The Kier molecular flexibility index (Phi) is 3.31. The van der Waals surface area contributed by atoms with Crippen LogP contribution in [0.1, 0.15) is 21.7 Å². The van der Waals surface area contributed by atoms with Crippen molar-refractivity contribution >= 4 is 28.0 Å². The first-order chi connectivity index (χ1) is 11.6. The second-order valence-corrected chi connectivity index (χ2v) is 5.96. The highest BCUT2D eigenvalue weighted by molar-refractivity contribution is 6.09. The zero-order chi connectivity index (χ0) is 16.7. The number of hydrogen-bond donors (Lipinski definition) is 1. The highest BCUT2D eigenvalue weighted by Crippen LogP contribution is 2.24. The van der Waals surface area contributed by atoms with Gasteiger partial charge in [-0.1, -0.05) is 42.5 Å². The number of imidazole rings is 1. The fourth-order valence-corrected chi connectivity index (χ4v) is 3.06. The number of nitrogens with one attached hydrogen (secondary N) is 1. The van der Waals surface area contributed by atoms with Crippen LogP contribution in [0.2, 0.25) is 0 Å². The maximum absolute atomic E-state index is 12.9. The first kappa shape index (κ1) is 14.5. The number of pyridine rings is 1. The Hall–Kier alpha value is -3.14. The summed E-state index contributed by atoms with van der Waals surface area (Å²) in [5.41, 5.74) is 3.96. The number of aryl methyl sites for hydroxylation is 2. The fourth-order valence-electron chi connectivity index (χ4n) is 3.06. The van der Waals surface area contributed by atoms with E-state index in [4.69, 9.17) is 0 Å². The largest absolute Gasteiger partial charge is 0.320 e. The van der Waals surface area contributed by atoms with Crippen molar-refractivity contribution in [3.05, 3.63) is 77.7 Å². The molecule has 4 nitrogen and oxygen atoms in total. The van der Waals surface area contributed by atoms with E-state index in [1.807, 2.05) is 79.0 Å². The smallest absolute Gasteiger partial charge is 0.274 e. The summed E-state index contributed by atoms with van der Waals surface area (Å²) < 4.78 is 1.85. The number of fused-ring (bicyclic) bond motifs is 2. The second-order valence-electron chi connectivity index (χ2n) is 5.96. The molecule has 0 saturated carbocycles. The summed E-state index contributed by atoms with van der Waals surface area (Å²) in [5, 5.41) is 5.16. The van der Waals surface area contributed by atoms with E-state index in [1.165, 1.54) is 0 Å². The van der Waals surface area contributed by atoms with Crippen molar-refractivity contribution in [1.82, 2.24) is 9.38 Å². The Bertz CT molecular complexity index is 1070. The summed E-state index contributed by atoms with van der Waals surface area (Å²) in [4.78, 5) is 17.4. The molecule has 0 bridgehead atoms. The molecule has 0 spiro atoms. The number of rotatable bonds is 2. The molecule has 0 radical (unpaired) electrons. The van der Waals surface area contributed by atoms with Crippen molar-refractivity contribution in [2.24, 2.45) is 0 Å². The van der Waals surface area contributed by atoms with E-state index in [0.29, 0.717) is 5.69 Å². The van der Waals surface area contributed by atoms with Crippen LogP contribution in [0.4, 0.5) is 5.69 Å². The molecule has 2 heterocycles. The third-order valence-electron chi connectivity index (χ3n) is 4.19. The van der Waals surface area contributed by atoms with Gasteiger partial charge in [0, 0.05) is 17.3 Å². The minimum absolute atomic E-state index is 0.151. The van der Waals surface area contributed by atoms with E-state index in [1.54, 1.807) is 0 Å². The number of carbonyl (C=O) groups excluding carboxylic acids is 1. The quantitative estimate of drug-likeness (QED) is 0.597. The molecule has 4 aromatic rings. The van der Waals surface area contributed by atoms with Crippen molar-refractivity contribution in [2.45, 2.75) is 13.8 Å². The molecule has 118 valence electrons. The van der Waals surface area contributed by atoms with Crippen LogP contribution in [0.5, 0.6) is 0 Å². The monoisotopic (exact) mass is 315 g/mol. The van der Waals surface area contributed by atoms with Crippen LogP contribution < -0.4 is 5.32 Å². The molecule has 24 heavy (non-hydrogen) atoms. The van der Waals surface area contributed by atoms with Crippen LogP contribution in [0, 0.1) is 13.8 Å². The predicted molar refractivity (Wildman–Crippen MR) is 96.6 cm³/mol. The summed E-state index contributed by atoms with van der Waals surface area (Å²) in [5.74, 6) is -0.151. The van der Waals surface area contributed by atoms with Crippen molar-refractivity contribution in [1.29, 1.82) is 0 Å². The highest BCUT2D eigenvalue weighted by atomic mass is 16.2. The van der Waals surface area contributed by atoms with Gasteiger partial charge in [-0.2, -0.15) is 0 Å². The third kappa shape index (κ3) is 2.33. The number of aromatic nitrogens is 2. The van der Waals surface area contributed by atoms with Crippen molar-refractivity contribution in [3.63, 3.8) is 0 Å². The summed E-state index contributed by atoms with van der Waals surface area (Å²) in [6, 6.07) is 17.8. The van der Waals surface area contributed by atoms with Gasteiger partial charge in [-0.15, -0.1) is 0 Å². The third-order valence-corrected chi connectivity index (χ3v) is 4.19. The zero-order valence-electron chi connectivity index (χ0n) is 13.6. The molecular weight excluding hydrogens is 298 g/mol. The number of hydrogen-bond acceptors (Lipinski definition) is 2. The highest BCUT2D eigenvalue weighted by Gasteiger charge is 2.17. The van der Waals surface area contributed by atoms with Gasteiger partial charge in [0.25, 0.3) is 5.91 Å². The van der Waals surface area contributed by atoms with Gasteiger partial charge in [0.15, 0.2) is 0 Å². The van der Waals surface area contributed by atoms with Gasteiger partial charge in [-0.25, -0.2) is 4.98 Å². The summed E-state index contributed by atoms with van der Waals surface area (Å²) in [7, 11) is 0. The fraction of sp³-hybridized carbons (Fsp3) is 0.100. The molecule has 1 N–H and O–H groups in total. The first-order valence-corrected chi connectivity index (χ1v) is 7.88. The molecule has 0 aliphatic rings. The lowest BCUT2D eigenvalue weighted by Crippen LogP contribution is -2.16. The normalized spacial score (nSPS) is 11.1. The van der Waals surface area contributed by atoms with Crippen molar-refractivity contribution in [3.8, 4) is 0 Å². The van der Waals surface area contributed by atoms with E-state index in [0.717, 1.165) is 33.4 Å². The van der Waals surface area contributed by atoms with Gasteiger partial charge in [0.05, 0.1) is 5.69 Å². The zero-order valence-corrected chi connectivity index (χ0v) is 13.6. The lowest BCUT2D eigenvalue weighted by atomic mass is 10.1. The number of amides is 1. The number of benzene rings is 2. The standard InChI is InChI=1S/C20H17N3O/c1-13-10-11-18-21-14(2)19(23(18)12-13)20(24)22-17-9-5-7-15-6-3-4-8-16(15)17/h3-12H,1-2H3,(H,22,24). The van der Waals surface area contributed by atoms with Crippen LogP contribution in [-0.4, -0.2) is 15.3 Å². The summed E-state index contributed by atoms with van der Waals surface area (Å²) >= 11 is 0. The summed E-state index contributed by atoms with van der Waals surface area (Å²) in [6.07, 6.45) is 1.94. The molecule has 0 atom stereocenters. The van der Waals surface area contributed by atoms with Gasteiger partial charge in [-0.05, 0) is 36.9 Å². The second kappa shape index (κ2) is 5.49. The van der Waals surface area contributed by atoms with Crippen molar-refractivity contribution in [2.75, 3.05) is 5.32 Å². The van der Waals surface area contributed by atoms with Crippen LogP contribution in [0.3, 0.4) is 0 Å². The van der Waals surface area contributed by atoms with Crippen molar-refractivity contribution < 1.29 is 4.79 Å².